The highest BCUT2D eigenvalue weighted by Gasteiger charge is 2.28. The minimum absolute atomic E-state index is 0.226. The Kier molecular flexibility index (Phi) is 8.67. The molecule has 0 aromatic carbocycles. The van der Waals surface area contributed by atoms with E-state index < -0.39 is 0 Å². The fraction of sp³-hybridized carbons (Fsp3) is 1.00. The molecule has 0 aliphatic heterocycles. The van der Waals surface area contributed by atoms with Crippen LogP contribution >= 0.6 is 0 Å². The van der Waals surface area contributed by atoms with Gasteiger partial charge in [0, 0.05) is 12.6 Å². The van der Waals surface area contributed by atoms with Crippen molar-refractivity contribution in [3.8, 4) is 0 Å². The van der Waals surface area contributed by atoms with E-state index in [1.807, 2.05) is 7.05 Å². The van der Waals surface area contributed by atoms with Gasteiger partial charge >= 0.3 is 0 Å². The summed E-state index contributed by atoms with van der Waals surface area (Å²) < 4.78 is 0. The second kappa shape index (κ2) is 9.73. The summed E-state index contributed by atoms with van der Waals surface area (Å²) in [6.45, 7) is 6.21. The maximum atomic E-state index is 10.6. The molecule has 0 radical (unpaired) electrons. The van der Waals surface area contributed by atoms with Gasteiger partial charge in [-0.2, -0.15) is 0 Å². The highest BCUT2D eigenvalue weighted by molar-refractivity contribution is 4.84. The van der Waals surface area contributed by atoms with Crippen molar-refractivity contribution < 1.29 is 5.11 Å². The molecule has 19 heavy (non-hydrogen) atoms. The van der Waals surface area contributed by atoms with Crippen molar-refractivity contribution in [2.75, 3.05) is 20.1 Å². The summed E-state index contributed by atoms with van der Waals surface area (Å²) >= 11 is 0. The fourth-order valence-corrected chi connectivity index (χ4v) is 3.37. The molecular formula is C16H34N2O. The Bertz CT molecular complexity index is 217. The molecule has 1 fully saturated rings. The standard InChI is InChI=1S/C16H34N2O/c1-4-14(12-18-5-2)16(19)15(17-3)11-13-9-7-6-8-10-13/h13-19H,4-12H2,1-3H3. The first-order chi connectivity index (χ1) is 9.22. The van der Waals surface area contributed by atoms with E-state index in [2.05, 4.69) is 24.5 Å². The van der Waals surface area contributed by atoms with E-state index in [-0.39, 0.29) is 12.1 Å². The molecule has 1 rings (SSSR count). The van der Waals surface area contributed by atoms with E-state index in [0.29, 0.717) is 5.92 Å². The van der Waals surface area contributed by atoms with Crippen LogP contribution in [0.5, 0.6) is 0 Å². The highest BCUT2D eigenvalue weighted by atomic mass is 16.3. The molecule has 0 saturated heterocycles. The Balaban J connectivity index is 2.45. The van der Waals surface area contributed by atoms with Crippen LogP contribution in [-0.2, 0) is 0 Å². The van der Waals surface area contributed by atoms with Gasteiger partial charge in [0.15, 0.2) is 0 Å². The first-order valence-corrected chi connectivity index (χ1v) is 8.28. The van der Waals surface area contributed by atoms with Crippen molar-refractivity contribution in [1.29, 1.82) is 0 Å². The molecule has 3 heteroatoms. The Morgan fingerprint density at radius 3 is 2.37 bits per heavy atom. The van der Waals surface area contributed by atoms with Gasteiger partial charge in [-0.1, -0.05) is 46.0 Å². The zero-order chi connectivity index (χ0) is 14.1. The average molecular weight is 270 g/mol. The zero-order valence-corrected chi connectivity index (χ0v) is 13.1. The van der Waals surface area contributed by atoms with Crippen molar-refractivity contribution in [3.05, 3.63) is 0 Å². The second-order valence-corrected chi connectivity index (χ2v) is 6.10. The minimum Gasteiger partial charge on any atom is -0.391 e. The molecule has 3 nitrogen and oxygen atoms in total. The average Bonchev–Trinajstić information content (AvgIpc) is 2.46. The maximum Gasteiger partial charge on any atom is 0.0733 e. The van der Waals surface area contributed by atoms with Crippen molar-refractivity contribution in [2.45, 2.75) is 70.9 Å². The SMILES string of the molecule is CCNCC(CC)C(O)C(CC1CCCCC1)NC. The lowest BCUT2D eigenvalue weighted by Gasteiger charge is -2.33. The van der Waals surface area contributed by atoms with Gasteiger partial charge < -0.3 is 15.7 Å². The molecule has 3 N–H and O–H groups in total. The van der Waals surface area contributed by atoms with Gasteiger partial charge in [0.05, 0.1) is 6.10 Å². The molecule has 0 aromatic heterocycles. The van der Waals surface area contributed by atoms with Crippen LogP contribution in [0.15, 0.2) is 0 Å². The van der Waals surface area contributed by atoms with E-state index in [1.54, 1.807) is 0 Å². The van der Waals surface area contributed by atoms with Gasteiger partial charge in [-0.05, 0) is 38.3 Å². The van der Waals surface area contributed by atoms with Gasteiger partial charge in [-0.15, -0.1) is 0 Å². The number of likely N-dealkylation sites (N-methyl/N-ethyl adjacent to an activating group) is 1. The molecule has 1 aliphatic rings. The summed E-state index contributed by atoms with van der Waals surface area (Å²) in [6.07, 6.45) is 8.83. The lowest BCUT2D eigenvalue weighted by Crippen LogP contribution is -2.46. The van der Waals surface area contributed by atoms with Crippen LogP contribution in [0.4, 0.5) is 0 Å². The lowest BCUT2D eigenvalue weighted by molar-refractivity contribution is 0.0566. The third-order valence-electron chi connectivity index (χ3n) is 4.76. The number of rotatable bonds is 9. The molecule has 114 valence electrons. The molecule has 0 aromatic rings. The molecule has 0 amide bonds. The highest BCUT2D eigenvalue weighted by Crippen LogP contribution is 2.29. The lowest BCUT2D eigenvalue weighted by atomic mass is 9.81. The first kappa shape index (κ1) is 16.9. The van der Waals surface area contributed by atoms with E-state index in [4.69, 9.17) is 0 Å². The Morgan fingerprint density at radius 2 is 1.84 bits per heavy atom. The smallest absolute Gasteiger partial charge is 0.0733 e. The molecule has 0 heterocycles. The van der Waals surface area contributed by atoms with E-state index in [9.17, 15) is 5.11 Å². The van der Waals surface area contributed by atoms with E-state index in [1.165, 1.54) is 32.1 Å². The number of hydrogen-bond acceptors (Lipinski definition) is 3. The van der Waals surface area contributed by atoms with Crippen LogP contribution in [0.2, 0.25) is 0 Å². The molecule has 0 spiro atoms. The summed E-state index contributed by atoms with van der Waals surface area (Å²) in [4.78, 5) is 0. The molecule has 3 unspecified atom stereocenters. The van der Waals surface area contributed by atoms with Crippen LogP contribution in [-0.4, -0.2) is 37.4 Å². The van der Waals surface area contributed by atoms with Crippen LogP contribution in [0, 0.1) is 11.8 Å². The van der Waals surface area contributed by atoms with Crippen LogP contribution < -0.4 is 10.6 Å². The predicted molar refractivity (Wildman–Crippen MR) is 82.4 cm³/mol. The monoisotopic (exact) mass is 270 g/mol. The van der Waals surface area contributed by atoms with Crippen LogP contribution in [0.25, 0.3) is 0 Å². The van der Waals surface area contributed by atoms with E-state index in [0.717, 1.165) is 31.8 Å². The maximum absolute atomic E-state index is 10.6. The quantitative estimate of drug-likeness (QED) is 0.603. The molecule has 1 aliphatic carbocycles. The normalized spacial score (nSPS) is 22.1. The third kappa shape index (κ3) is 5.80. The number of hydrogen-bond donors (Lipinski definition) is 3. The zero-order valence-electron chi connectivity index (χ0n) is 13.1. The summed E-state index contributed by atoms with van der Waals surface area (Å²) in [5.74, 6) is 1.18. The Labute approximate surface area is 119 Å². The van der Waals surface area contributed by atoms with Crippen LogP contribution in [0.1, 0.15) is 58.8 Å². The summed E-state index contributed by atoms with van der Waals surface area (Å²) in [5.41, 5.74) is 0. The largest absolute Gasteiger partial charge is 0.391 e. The summed E-state index contributed by atoms with van der Waals surface area (Å²) in [7, 11) is 2.00. The number of aliphatic hydroxyl groups excluding tert-OH is 1. The molecular weight excluding hydrogens is 236 g/mol. The van der Waals surface area contributed by atoms with E-state index >= 15 is 0 Å². The molecule has 1 saturated carbocycles. The molecule has 3 atom stereocenters. The minimum atomic E-state index is -0.226. The Hall–Kier alpha value is -0.120. The van der Waals surface area contributed by atoms with Gasteiger partial charge in [-0.25, -0.2) is 0 Å². The van der Waals surface area contributed by atoms with Gasteiger partial charge in [0.1, 0.15) is 0 Å². The number of nitrogens with one attached hydrogen (secondary N) is 2. The predicted octanol–water partition coefficient (Wildman–Crippen LogP) is 2.54. The van der Waals surface area contributed by atoms with Gasteiger partial charge in [-0.3, -0.25) is 0 Å². The van der Waals surface area contributed by atoms with Crippen molar-refractivity contribution in [1.82, 2.24) is 10.6 Å². The van der Waals surface area contributed by atoms with Crippen molar-refractivity contribution in [3.63, 3.8) is 0 Å². The van der Waals surface area contributed by atoms with Crippen molar-refractivity contribution >= 4 is 0 Å². The Morgan fingerprint density at radius 1 is 1.16 bits per heavy atom. The number of aliphatic hydroxyl groups is 1. The van der Waals surface area contributed by atoms with Crippen molar-refractivity contribution in [2.24, 2.45) is 11.8 Å². The second-order valence-electron chi connectivity index (χ2n) is 6.10. The molecule has 0 bridgehead atoms. The third-order valence-corrected chi connectivity index (χ3v) is 4.76. The first-order valence-electron chi connectivity index (χ1n) is 8.28. The van der Waals surface area contributed by atoms with Gasteiger partial charge in [0.2, 0.25) is 0 Å². The van der Waals surface area contributed by atoms with Gasteiger partial charge in [0.25, 0.3) is 0 Å². The topological polar surface area (TPSA) is 44.3 Å². The summed E-state index contributed by atoms with van der Waals surface area (Å²) in [6, 6.07) is 0.256. The summed E-state index contributed by atoms with van der Waals surface area (Å²) in [5, 5.41) is 17.4. The van der Waals surface area contributed by atoms with Crippen LogP contribution in [0.3, 0.4) is 0 Å². The fourth-order valence-electron chi connectivity index (χ4n) is 3.37.